The molecule has 0 N–H and O–H groups in total. The summed E-state index contributed by atoms with van der Waals surface area (Å²) in [5.74, 6) is 2.33. The van der Waals surface area contributed by atoms with Crippen LogP contribution >= 0.6 is 0 Å². The van der Waals surface area contributed by atoms with Crippen molar-refractivity contribution in [1.29, 1.82) is 0 Å². The van der Waals surface area contributed by atoms with Crippen molar-refractivity contribution in [2.24, 2.45) is 5.92 Å². The summed E-state index contributed by atoms with van der Waals surface area (Å²) in [7, 11) is 1.62. The highest BCUT2D eigenvalue weighted by molar-refractivity contribution is 5.91. The predicted molar refractivity (Wildman–Crippen MR) is 152 cm³/mol. The highest BCUT2D eigenvalue weighted by Crippen LogP contribution is 2.35. The molecule has 0 unspecified atom stereocenters. The molecule has 1 aromatic carbocycles. The van der Waals surface area contributed by atoms with Crippen LogP contribution in [0.3, 0.4) is 0 Å². The van der Waals surface area contributed by atoms with Gasteiger partial charge in [-0.25, -0.2) is 9.67 Å². The van der Waals surface area contributed by atoms with Crippen LogP contribution in [0.2, 0.25) is 0 Å². The molecule has 38 heavy (non-hydrogen) atoms. The molecule has 0 atom stereocenters. The topological polar surface area (TPSA) is 65.5 Å². The first kappa shape index (κ1) is 25.5. The summed E-state index contributed by atoms with van der Waals surface area (Å²) in [4.78, 5) is 7.24. The van der Waals surface area contributed by atoms with Crippen molar-refractivity contribution in [3.63, 3.8) is 0 Å². The second-order valence-corrected chi connectivity index (χ2v) is 9.78. The summed E-state index contributed by atoms with van der Waals surface area (Å²) in [6.07, 6.45) is 8.05. The molecule has 0 bridgehead atoms. The number of rotatable bonds is 8. The summed E-state index contributed by atoms with van der Waals surface area (Å²) in [6.45, 7) is 13.3. The number of benzene rings is 1. The number of hydrogen-bond acceptors (Lipinski definition) is 6. The highest BCUT2D eigenvalue weighted by Gasteiger charge is 2.22. The Morgan fingerprint density at radius 2 is 1.95 bits per heavy atom. The molecule has 7 nitrogen and oxygen atoms in total. The van der Waals surface area contributed by atoms with Crippen molar-refractivity contribution in [3.8, 4) is 17.1 Å². The van der Waals surface area contributed by atoms with Gasteiger partial charge in [0.25, 0.3) is 0 Å². The average molecular weight is 511 g/mol. The molecule has 1 fully saturated rings. The second kappa shape index (κ2) is 11.1. The Morgan fingerprint density at radius 1 is 1.13 bits per heavy atom. The Hall–Kier alpha value is -4.10. The monoisotopic (exact) mass is 510 g/mol. The van der Waals surface area contributed by atoms with Crippen LogP contribution in [0.4, 0.5) is 5.69 Å². The van der Waals surface area contributed by atoms with E-state index in [1.165, 1.54) is 5.56 Å². The number of allylic oxidation sites excluding steroid dienone is 4. The standard InChI is InChI=1S/C31H34N4O3/c1-21(2)8-6-11-25(23(4)36-5)29-19-27-31(38-29)28(34-14-16-37-17-15-34)20-30(32-27)35-13-12-26(33-35)24-10-7-9-22(3)18-24/h6-13,18-21H,4,14-17H2,1-3,5H3/b8-6-,25-11+. The van der Waals surface area contributed by atoms with Crippen LogP contribution < -0.4 is 4.90 Å². The van der Waals surface area contributed by atoms with E-state index in [0.29, 0.717) is 30.7 Å². The third kappa shape index (κ3) is 5.43. The maximum absolute atomic E-state index is 6.46. The number of pyridine rings is 1. The Bertz CT molecular complexity index is 1500. The van der Waals surface area contributed by atoms with Crippen molar-refractivity contribution < 1.29 is 13.9 Å². The zero-order valence-corrected chi connectivity index (χ0v) is 22.5. The lowest BCUT2D eigenvalue weighted by atomic mass is 10.1. The van der Waals surface area contributed by atoms with Gasteiger partial charge in [0.15, 0.2) is 11.4 Å². The second-order valence-electron chi connectivity index (χ2n) is 9.78. The fourth-order valence-corrected chi connectivity index (χ4v) is 4.49. The van der Waals surface area contributed by atoms with Gasteiger partial charge >= 0.3 is 0 Å². The lowest BCUT2D eigenvalue weighted by Crippen LogP contribution is -2.36. The molecule has 196 valence electrons. The van der Waals surface area contributed by atoms with Crippen molar-refractivity contribution >= 4 is 22.4 Å². The number of hydrogen-bond donors (Lipinski definition) is 0. The van der Waals surface area contributed by atoms with Gasteiger partial charge in [-0.1, -0.05) is 56.3 Å². The van der Waals surface area contributed by atoms with E-state index in [-0.39, 0.29) is 0 Å². The molecule has 0 amide bonds. The summed E-state index contributed by atoms with van der Waals surface area (Å²) < 4.78 is 19.4. The first-order valence-electron chi connectivity index (χ1n) is 13.0. The smallest absolute Gasteiger partial charge is 0.176 e. The molecule has 3 aromatic heterocycles. The van der Waals surface area contributed by atoms with Gasteiger partial charge in [0, 0.05) is 37.0 Å². The van der Waals surface area contributed by atoms with Gasteiger partial charge in [-0.15, -0.1) is 0 Å². The summed E-state index contributed by atoms with van der Waals surface area (Å²) in [5.41, 5.74) is 6.38. The van der Waals surface area contributed by atoms with Crippen molar-refractivity contribution in [2.75, 3.05) is 38.3 Å². The molecule has 0 spiro atoms. The van der Waals surface area contributed by atoms with E-state index in [1.807, 2.05) is 47.3 Å². The number of aromatic nitrogens is 3. The molecular formula is C31H34N4O3. The van der Waals surface area contributed by atoms with E-state index in [0.717, 1.165) is 52.5 Å². The third-order valence-electron chi connectivity index (χ3n) is 6.51. The molecular weight excluding hydrogens is 476 g/mol. The average Bonchev–Trinajstić information content (AvgIpc) is 3.58. The number of fused-ring (bicyclic) bond motifs is 1. The molecule has 1 saturated heterocycles. The van der Waals surface area contributed by atoms with Gasteiger partial charge in [0.1, 0.15) is 17.0 Å². The van der Waals surface area contributed by atoms with Gasteiger partial charge in [0.05, 0.1) is 37.3 Å². The van der Waals surface area contributed by atoms with E-state index in [1.54, 1.807) is 7.11 Å². The Labute approximate surface area is 223 Å². The van der Waals surface area contributed by atoms with Gasteiger partial charge in [-0.05, 0) is 31.1 Å². The van der Waals surface area contributed by atoms with Crippen LogP contribution in [0.25, 0.3) is 33.7 Å². The summed E-state index contributed by atoms with van der Waals surface area (Å²) >= 11 is 0. The van der Waals surface area contributed by atoms with Crippen LogP contribution in [0, 0.1) is 12.8 Å². The molecule has 0 radical (unpaired) electrons. The van der Waals surface area contributed by atoms with Crippen LogP contribution in [0.15, 0.2) is 83.6 Å². The molecule has 4 aromatic rings. The SMILES string of the molecule is C=C(OC)/C(=C\C=C/C(C)C)c1cc2nc(-n3ccc(-c4cccc(C)c4)n3)cc(N3CCOCC3)c2o1. The zero-order valence-electron chi connectivity index (χ0n) is 22.5. The quantitative estimate of drug-likeness (QED) is 0.197. The molecule has 1 aliphatic rings. The van der Waals surface area contributed by atoms with Crippen LogP contribution in [0.1, 0.15) is 25.2 Å². The van der Waals surface area contributed by atoms with Crippen molar-refractivity contribution in [1.82, 2.24) is 14.8 Å². The summed E-state index contributed by atoms with van der Waals surface area (Å²) in [5, 5.41) is 4.85. The molecule has 7 heteroatoms. The van der Waals surface area contributed by atoms with Gasteiger partial charge in [-0.2, -0.15) is 5.10 Å². The number of anilines is 1. The van der Waals surface area contributed by atoms with E-state index >= 15 is 0 Å². The minimum atomic E-state index is 0.426. The van der Waals surface area contributed by atoms with Gasteiger partial charge < -0.3 is 18.8 Å². The number of methoxy groups -OCH3 is 1. The molecule has 0 saturated carbocycles. The molecule has 4 heterocycles. The Morgan fingerprint density at radius 3 is 2.68 bits per heavy atom. The lowest BCUT2D eigenvalue weighted by Gasteiger charge is -2.29. The van der Waals surface area contributed by atoms with Crippen LogP contribution in [-0.2, 0) is 9.47 Å². The Balaban J connectivity index is 1.61. The Kier molecular flexibility index (Phi) is 7.47. The van der Waals surface area contributed by atoms with E-state index in [4.69, 9.17) is 24.0 Å². The van der Waals surface area contributed by atoms with Gasteiger partial charge in [0.2, 0.25) is 0 Å². The zero-order chi connectivity index (χ0) is 26.6. The fourth-order valence-electron chi connectivity index (χ4n) is 4.49. The largest absolute Gasteiger partial charge is 0.497 e. The van der Waals surface area contributed by atoms with Gasteiger partial charge in [-0.3, -0.25) is 0 Å². The third-order valence-corrected chi connectivity index (χ3v) is 6.51. The minimum Gasteiger partial charge on any atom is -0.497 e. The number of morpholine rings is 1. The number of aryl methyl sites for hydroxylation is 1. The molecule has 5 rings (SSSR count). The van der Waals surface area contributed by atoms with Crippen LogP contribution in [0.5, 0.6) is 0 Å². The number of ether oxygens (including phenoxy) is 2. The normalized spacial score (nSPS) is 14.7. The van der Waals surface area contributed by atoms with E-state index < -0.39 is 0 Å². The molecule has 0 aliphatic carbocycles. The van der Waals surface area contributed by atoms with E-state index in [2.05, 4.69) is 56.5 Å². The summed E-state index contributed by atoms with van der Waals surface area (Å²) in [6, 6.07) is 14.3. The maximum atomic E-state index is 6.46. The minimum absolute atomic E-state index is 0.426. The first-order valence-corrected chi connectivity index (χ1v) is 13.0. The van der Waals surface area contributed by atoms with Crippen molar-refractivity contribution in [2.45, 2.75) is 20.8 Å². The lowest BCUT2D eigenvalue weighted by molar-refractivity contribution is 0.122. The number of furan rings is 1. The van der Waals surface area contributed by atoms with Crippen molar-refractivity contribution in [3.05, 3.63) is 90.6 Å². The first-order chi connectivity index (χ1) is 18.4. The number of nitrogens with zero attached hydrogens (tertiary/aromatic N) is 4. The highest BCUT2D eigenvalue weighted by atomic mass is 16.5. The fraction of sp³-hybridized carbons (Fsp3) is 0.290. The predicted octanol–water partition coefficient (Wildman–Crippen LogP) is 6.58. The van der Waals surface area contributed by atoms with Crippen LogP contribution in [-0.4, -0.2) is 48.2 Å². The maximum Gasteiger partial charge on any atom is 0.176 e. The molecule has 1 aliphatic heterocycles. The van der Waals surface area contributed by atoms with E-state index in [9.17, 15) is 0 Å².